The van der Waals surface area contributed by atoms with E-state index in [1.165, 1.54) is 0 Å². The Balaban J connectivity index is 2.55. The quantitative estimate of drug-likeness (QED) is 0.596. The molecule has 0 amide bonds. The van der Waals surface area contributed by atoms with E-state index >= 15 is 0 Å². The van der Waals surface area contributed by atoms with Crippen LogP contribution in [0.4, 0.5) is 0 Å². The van der Waals surface area contributed by atoms with Crippen molar-refractivity contribution < 1.29 is 22.1 Å². The van der Waals surface area contributed by atoms with E-state index in [0.717, 1.165) is 17.4 Å². The summed E-state index contributed by atoms with van der Waals surface area (Å²) in [4.78, 5) is 11.6. The zero-order valence-corrected chi connectivity index (χ0v) is 13.7. The predicted molar refractivity (Wildman–Crippen MR) is 80.2 cm³/mol. The third-order valence-electron chi connectivity index (χ3n) is 2.47. The Kier molecular flexibility index (Phi) is 5.92. The lowest BCUT2D eigenvalue weighted by Crippen LogP contribution is -2.24. The number of carbonyl (C=O) groups is 1. The Hall–Kier alpha value is -1.40. The smallest absolute Gasteiger partial charge is 0.306 e. The molecular formula is C15H22O5S. The predicted octanol–water partition coefficient (Wildman–Crippen LogP) is 2.44. The molecule has 0 aliphatic heterocycles. The molecule has 0 unspecified atom stereocenters. The van der Waals surface area contributed by atoms with Crippen LogP contribution in [0.2, 0.25) is 0 Å². The topological polar surface area (TPSA) is 69.7 Å². The molecule has 0 atom stereocenters. The Bertz CT molecular complexity index is 584. The first kappa shape index (κ1) is 17.7. The molecule has 0 spiro atoms. The summed E-state index contributed by atoms with van der Waals surface area (Å²) in [7, 11) is -3.46. The second-order valence-corrected chi connectivity index (χ2v) is 7.52. The minimum absolute atomic E-state index is 0.000882. The molecule has 1 aromatic carbocycles. The molecular weight excluding hydrogens is 292 g/mol. The van der Waals surface area contributed by atoms with E-state index in [1.54, 1.807) is 6.07 Å². The molecule has 0 fully saturated rings. The standard InChI is InChI=1S/C15H22O5S/c1-15(2,3)20-14(16)9-8-12-6-5-7-13(10-12)11-19-21(4,17)18/h5-7,10H,8-9,11H2,1-4H3. The molecule has 0 heterocycles. The van der Waals surface area contributed by atoms with Gasteiger partial charge < -0.3 is 4.74 Å². The molecule has 0 aliphatic carbocycles. The zero-order chi connectivity index (χ0) is 16.1. The van der Waals surface area contributed by atoms with Gasteiger partial charge in [0.15, 0.2) is 0 Å². The number of hydrogen-bond donors (Lipinski definition) is 0. The van der Waals surface area contributed by atoms with Crippen LogP contribution < -0.4 is 0 Å². The molecule has 0 bridgehead atoms. The first-order valence-electron chi connectivity index (χ1n) is 6.69. The Labute approximate surface area is 126 Å². The van der Waals surface area contributed by atoms with Crippen molar-refractivity contribution >= 4 is 16.1 Å². The van der Waals surface area contributed by atoms with Gasteiger partial charge in [-0.3, -0.25) is 8.98 Å². The van der Waals surface area contributed by atoms with Gasteiger partial charge in [0, 0.05) is 6.42 Å². The summed E-state index contributed by atoms with van der Waals surface area (Å²) in [5, 5.41) is 0. The van der Waals surface area contributed by atoms with Gasteiger partial charge in [-0.05, 0) is 38.3 Å². The van der Waals surface area contributed by atoms with Gasteiger partial charge in [0.25, 0.3) is 10.1 Å². The first-order chi connectivity index (χ1) is 9.55. The van der Waals surface area contributed by atoms with Crippen LogP contribution in [0.25, 0.3) is 0 Å². The second-order valence-electron chi connectivity index (χ2n) is 5.87. The number of carbonyl (C=O) groups excluding carboxylic acids is 1. The van der Waals surface area contributed by atoms with Crippen LogP contribution in [0.1, 0.15) is 38.3 Å². The Morgan fingerprint density at radius 1 is 1.19 bits per heavy atom. The highest BCUT2D eigenvalue weighted by Crippen LogP contribution is 2.13. The molecule has 0 N–H and O–H groups in total. The van der Waals surface area contributed by atoms with E-state index in [-0.39, 0.29) is 19.0 Å². The summed E-state index contributed by atoms with van der Waals surface area (Å²) < 4.78 is 31.9. The van der Waals surface area contributed by atoms with Gasteiger partial charge in [0.05, 0.1) is 12.9 Å². The molecule has 0 radical (unpaired) electrons. The highest BCUT2D eigenvalue weighted by molar-refractivity contribution is 7.85. The number of rotatable bonds is 6. The van der Waals surface area contributed by atoms with Gasteiger partial charge in [-0.1, -0.05) is 24.3 Å². The van der Waals surface area contributed by atoms with E-state index < -0.39 is 15.7 Å². The molecule has 0 aromatic heterocycles. The number of aryl methyl sites for hydroxylation is 1. The highest BCUT2D eigenvalue weighted by Gasteiger charge is 2.15. The summed E-state index contributed by atoms with van der Waals surface area (Å²) in [6.07, 6.45) is 1.84. The average Bonchev–Trinajstić information content (AvgIpc) is 2.32. The maximum absolute atomic E-state index is 11.6. The summed E-state index contributed by atoms with van der Waals surface area (Å²) >= 11 is 0. The van der Waals surface area contributed by atoms with E-state index in [2.05, 4.69) is 0 Å². The zero-order valence-electron chi connectivity index (χ0n) is 12.9. The fourth-order valence-corrected chi connectivity index (χ4v) is 2.04. The molecule has 0 saturated carbocycles. The van der Waals surface area contributed by atoms with Crippen LogP contribution in [0, 0.1) is 0 Å². The maximum Gasteiger partial charge on any atom is 0.306 e. The lowest BCUT2D eigenvalue weighted by Gasteiger charge is -2.19. The van der Waals surface area contributed by atoms with Gasteiger partial charge in [-0.15, -0.1) is 0 Å². The Morgan fingerprint density at radius 3 is 2.38 bits per heavy atom. The van der Waals surface area contributed by atoms with E-state index in [4.69, 9.17) is 8.92 Å². The third-order valence-corrected chi connectivity index (χ3v) is 3.01. The second kappa shape index (κ2) is 7.04. The lowest BCUT2D eigenvalue weighted by molar-refractivity contribution is -0.154. The first-order valence-corrected chi connectivity index (χ1v) is 8.51. The number of hydrogen-bond acceptors (Lipinski definition) is 5. The van der Waals surface area contributed by atoms with Crippen LogP contribution >= 0.6 is 0 Å². The van der Waals surface area contributed by atoms with Gasteiger partial charge in [0.1, 0.15) is 5.60 Å². The normalized spacial score (nSPS) is 12.2. The molecule has 0 saturated heterocycles. The van der Waals surface area contributed by atoms with Crippen LogP contribution in [0.3, 0.4) is 0 Å². The van der Waals surface area contributed by atoms with E-state index in [1.807, 2.05) is 39.0 Å². The fourth-order valence-electron chi connectivity index (χ4n) is 1.69. The SMILES string of the molecule is CC(C)(C)OC(=O)CCc1cccc(COS(C)(=O)=O)c1. The number of benzene rings is 1. The van der Waals surface area contributed by atoms with E-state index in [9.17, 15) is 13.2 Å². The minimum atomic E-state index is -3.46. The summed E-state index contributed by atoms with van der Waals surface area (Å²) in [6, 6.07) is 7.30. The Morgan fingerprint density at radius 2 is 1.81 bits per heavy atom. The number of esters is 1. The number of ether oxygens (including phenoxy) is 1. The van der Waals surface area contributed by atoms with Crippen LogP contribution in [0.5, 0.6) is 0 Å². The molecule has 1 rings (SSSR count). The van der Waals surface area contributed by atoms with Crippen molar-refractivity contribution in [1.82, 2.24) is 0 Å². The largest absolute Gasteiger partial charge is 0.460 e. The van der Waals surface area contributed by atoms with Crippen molar-refractivity contribution in [3.8, 4) is 0 Å². The van der Waals surface area contributed by atoms with Crippen molar-refractivity contribution in [2.75, 3.05) is 6.26 Å². The van der Waals surface area contributed by atoms with Crippen LogP contribution in [0.15, 0.2) is 24.3 Å². The summed E-state index contributed by atoms with van der Waals surface area (Å²) in [5.41, 5.74) is 1.21. The van der Waals surface area contributed by atoms with Crippen molar-refractivity contribution in [2.45, 2.75) is 45.8 Å². The van der Waals surface area contributed by atoms with Gasteiger partial charge in [-0.25, -0.2) is 0 Å². The minimum Gasteiger partial charge on any atom is -0.460 e. The highest BCUT2D eigenvalue weighted by atomic mass is 32.2. The molecule has 1 aromatic rings. The summed E-state index contributed by atoms with van der Waals surface area (Å²) in [5.74, 6) is -0.250. The molecule has 118 valence electrons. The molecule has 0 aliphatic rings. The third kappa shape index (κ3) is 8.47. The lowest BCUT2D eigenvalue weighted by atomic mass is 10.1. The molecule has 6 heteroatoms. The summed E-state index contributed by atoms with van der Waals surface area (Å²) in [6.45, 7) is 5.48. The monoisotopic (exact) mass is 314 g/mol. The van der Waals surface area contributed by atoms with Crippen LogP contribution in [-0.2, 0) is 36.9 Å². The van der Waals surface area contributed by atoms with Crippen molar-refractivity contribution in [3.63, 3.8) is 0 Å². The fraction of sp³-hybridized carbons (Fsp3) is 0.533. The van der Waals surface area contributed by atoms with Gasteiger partial charge in [-0.2, -0.15) is 8.42 Å². The average molecular weight is 314 g/mol. The van der Waals surface area contributed by atoms with Gasteiger partial charge >= 0.3 is 5.97 Å². The van der Waals surface area contributed by atoms with Crippen LogP contribution in [-0.4, -0.2) is 26.2 Å². The van der Waals surface area contributed by atoms with Gasteiger partial charge in [0.2, 0.25) is 0 Å². The molecule has 5 nitrogen and oxygen atoms in total. The van der Waals surface area contributed by atoms with Crippen molar-refractivity contribution in [1.29, 1.82) is 0 Å². The maximum atomic E-state index is 11.6. The van der Waals surface area contributed by atoms with Crippen molar-refractivity contribution in [3.05, 3.63) is 35.4 Å². The van der Waals surface area contributed by atoms with E-state index in [0.29, 0.717) is 6.42 Å². The molecule has 21 heavy (non-hydrogen) atoms. The van der Waals surface area contributed by atoms with Crippen molar-refractivity contribution in [2.24, 2.45) is 0 Å².